The first kappa shape index (κ1) is 74.2. The second-order valence-electron chi connectivity index (χ2n) is 23.7. The summed E-state index contributed by atoms with van der Waals surface area (Å²) in [5, 5.41) is 15.2. The van der Waals surface area contributed by atoms with Gasteiger partial charge in [0.1, 0.15) is 24.3 Å². The summed E-state index contributed by atoms with van der Waals surface area (Å²) in [6.45, 7) is 26.7. The Labute approximate surface area is 463 Å². The van der Waals surface area contributed by atoms with Crippen LogP contribution in [0.4, 0.5) is 4.79 Å². The third kappa shape index (κ3) is 42.8. The van der Waals surface area contributed by atoms with E-state index in [1.807, 2.05) is 30.3 Å². The normalized spacial score (nSPS) is 13.0. The standard InChI is InChI=1S/C32H54N2O7Si.C23H44N2O7Si.CH4O/c1-32(2,3)19-13-11-17-26(23-28(35)40-21-22-42(5,6)7)29(36)34-27(30(37)39-4)18-12-14-20-33-31(38)41-24-25-15-9-8-10-16-25;1-23(2,3)32-19(26)12-11-17(16-20(27)31-14-15-33(5,6)7)21(28)25-18(22(29)30-4)10-8-9-13-24;1-2/h8-10,15-16,26-27H,11-14,17-24H2,1-7H3,(H,33,38)(H,34,36);17-18H,8-16,24H2,1-7H3,(H,25,28);2H,1H3/t26-,27+;17?,18-;/m10./s1. The van der Waals surface area contributed by atoms with Crippen LogP contribution in [-0.2, 0) is 68.6 Å². The van der Waals surface area contributed by atoms with E-state index < -0.39 is 81.5 Å². The molecule has 0 aromatic heterocycles. The fourth-order valence-corrected chi connectivity index (χ4v) is 8.57. The molecule has 0 saturated carbocycles. The molecule has 0 spiro atoms. The Balaban J connectivity index is 0. The molecule has 0 aliphatic carbocycles. The van der Waals surface area contributed by atoms with E-state index in [4.69, 9.17) is 39.3 Å². The summed E-state index contributed by atoms with van der Waals surface area (Å²) >= 11 is 0. The Morgan fingerprint density at radius 1 is 0.597 bits per heavy atom. The van der Waals surface area contributed by atoms with Crippen LogP contribution in [-0.4, -0.2) is 134 Å². The zero-order chi connectivity index (χ0) is 59.3. The highest BCUT2D eigenvalue weighted by atomic mass is 28.3. The van der Waals surface area contributed by atoms with Gasteiger partial charge in [0.25, 0.3) is 0 Å². The fourth-order valence-electron chi connectivity index (χ4n) is 7.14. The number of nitrogens with one attached hydrogen (secondary N) is 3. The number of esters is 5. The Kier molecular flexibility index (Phi) is 38.9. The zero-order valence-electron chi connectivity index (χ0n) is 49.8. The van der Waals surface area contributed by atoms with Crippen LogP contribution in [0.25, 0.3) is 0 Å². The van der Waals surface area contributed by atoms with Gasteiger partial charge in [0, 0.05) is 48.1 Å². The average molecular weight is 1130 g/mol. The SMILES string of the molecule is CO.COC(=O)[C@H](CCCCN)NC(=O)C(CCC(=O)OC(C)(C)C)CC(=O)OCC[Si](C)(C)C.COC(=O)[C@H](CCCCNC(=O)OCc1ccccc1)NC(=O)[C@H](CCCCC(C)(C)C)CC(=O)OCC[Si](C)(C)C. The van der Waals surface area contributed by atoms with E-state index >= 15 is 0 Å². The Morgan fingerprint density at radius 2 is 1.05 bits per heavy atom. The largest absolute Gasteiger partial charge is 0.467 e. The van der Waals surface area contributed by atoms with E-state index in [1.165, 1.54) is 14.2 Å². The minimum Gasteiger partial charge on any atom is -0.467 e. The van der Waals surface area contributed by atoms with Crippen molar-refractivity contribution >= 4 is 63.9 Å². The van der Waals surface area contributed by atoms with Gasteiger partial charge in [-0.1, -0.05) is 103 Å². The summed E-state index contributed by atoms with van der Waals surface area (Å²) in [5.74, 6) is -4.71. The highest BCUT2D eigenvalue weighted by Gasteiger charge is 2.31. The molecule has 0 saturated heterocycles. The second-order valence-corrected chi connectivity index (χ2v) is 35.0. The Hall–Kier alpha value is -4.87. The molecule has 19 nitrogen and oxygen atoms in total. The lowest BCUT2D eigenvalue weighted by molar-refractivity contribution is -0.156. The molecule has 1 aromatic rings. The quantitative estimate of drug-likeness (QED) is 0.0187. The molecular weight excluding hydrogens is 1020 g/mol. The van der Waals surface area contributed by atoms with Gasteiger partial charge in [-0.2, -0.15) is 0 Å². The van der Waals surface area contributed by atoms with Crippen LogP contribution in [0.5, 0.6) is 0 Å². The lowest BCUT2D eigenvalue weighted by atomic mass is 9.88. The molecule has 1 aromatic carbocycles. The van der Waals surface area contributed by atoms with Gasteiger partial charge < -0.3 is 55.2 Å². The van der Waals surface area contributed by atoms with Crippen molar-refractivity contribution in [1.82, 2.24) is 16.0 Å². The maximum absolute atomic E-state index is 13.3. The molecule has 0 radical (unpaired) electrons. The summed E-state index contributed by atoms with van der Waals surface area (Å²) in [6, 6.07) is 9.40. The number of aliphatic hydroxyl groups is 1. The zero-order valence-corrected chi connectivity index (χ0v) is 51.8. The molecule has 0 heterocycles. The maximum Gasteiger partial charge on any atom is 0.407 e. The van der Waals surface area contributed by atoms with Crippen molar-refractivity contribution in [2.45, 2.75) is 207 Å². The summed E-state index contributed by atoms with van der Waals surface area (Å²) < 4.78 is 31.0. The summed E-state index contributed by atoms with van der Waals surface area (Å²) in [5.41, 5.74) is 5.95. The molecule has 444 valence electrons. The van der Waals surface area contributed by atoms with Crippen LogP contribution in [0.3, 0.4) is 0 Å². The van der Waals surface area contributed by atoms with Gasteiger partial charge in [0.15, 0.2) is 0 Å². The molecule has 1 unspecified atom stereocenters. The van der Waals surface area contributed by atoms with Crippen LogP contribution in [0.15, 0.2) is 30.3 Å². The third-order valence-electron chi connectivity index (χ3n) is 11.6. The van der Waals surface area contributed by atoms with E-state index in [1.54, 1.807) is 20.8 Å². The van der Waals surface area contributed by atoms with Gasteiger partial charge in [-0.3, -0.25) is 24.0 Å². The molecule has 21 heteroatoms. The van der Waals surface area contributed by atoms with E-state index in [2.05, 4.69) is 76.0 Å². The van der Waals surface area contributed by atoms with Crippen molar-refractivity contribution in [3.05, 3.63) is 35.9 Å². The number of alkyl carbamates (subject to hydrolysis) is 1. The molecule has 1 rings (SSSR count). The topological polar surface area (TPSA) is 274 Å². The average Bonchev–Trinajstić information content (AvgIpc) is 3.33. The Bertz CT molecular complexity index is 1860. The van der Waals surface area contributed by atoms with Crippen molar-refractivity contribution in [3.63, 3.8) is 0 Å². The molecular formula is C56H102N4O15Si2. The highest BCUT2D eigenvalue weighted by molar-refractivity contribution is 6.76. The van der Waals surface area contributed by atoms with E-state index in [0.29, 0.717) is 71.2 Å². The molecule has 3 amide bonds. The number of unbranched alkanes of at least 4 members (excludes halogenated alkanes) is 3. The van der Waals surface area contributed by atoms with Gasteiger partial charge in [0.05, 0.1) is 40.3 Å². The predicted octanol–water partition coefficient (Wildman–Crippen LogP) is 8.63. The first-order valence-corrected chi connectivity index (χ1v) is 34.7. The van der Waals surface area contributed by atoms with Gasteiger partial charge in [-0.25, -0.2) is 14.4 Å². The number of ether oxygens (including phenoxy) is 6. The summed E-state index contributed by atoms with van der Waals surface area (Å²) in [4.78, 5) is 100.0. The number of amides is 3. The van der Waals surface area contributed by atoms with Crippen LogP contribution in [0.1, 0.15) is 137 Å². The number of hydrogen-bond acceptors (Lipinski definition) is 16. The van der Waals surface area contributed by atoms with Gasteiger partial charge in [0.2, 0.25) is 11.8 Å². The van der Waals surface area contributed by atoms with Crippen LogP contribution in [0.2, 0.25) is 51.4 Å². The molecule has 77 heavy (non-hydrogen) atoms. The van der Waals surface area contributed by atoms with Gasteiger partial charge >= 0.3 is 35.9 Å². The van der Waals surface area contributed by atoms with E-state index in [9.17, 15) is 38.4 Å². The number of carbonyl (C=O) groups excluding carboxylic acids is 8. The number of rotatable bonds is 34. The Morgan fingerprint density at radius 3 is 1.48 bits per heavy atom. The fraction of sp³-hybridized carbons (Fsp3) is 0.750. The van der Waals surface area contributed by atoms with E-state index in [0.717, 1.165) is 44.0 Å². The number of benzene rings is 1. The van der Waals surface area contributed by atoms with Crippen LogP contribution < -0.4 is 21.7 Å². The molecule has 0 bridgehead atoms. The van der Waals surface area contributed by atoms with Crippen molar-refractivity contribution in [2.75, 3.05) is 47.6 Å². The third-order valence-corrected chi connectivity index (χ3v) is 15.0. The molecule has 0 aliphatic heterocycles. The summed E-state index contributed by atoms with van der Waals surface area (Å²) in [6.07, 6.45) is 5.85. The highest BCUT2D eigenvalue weighted by Crippen LogP contribution is 2.25. The summed E-state index contributed by atoms with van der Waals surface area (Å²) in [7, 11) is 0.812. The van der Waals surface area contributed by atoms with Crippen molar-refractivity contribution in [3.8, 4) is 0 Å². The van der Waals surface area contributed by atoms with Crippen LogP contribution in [0, 0.1) is 17.3 Å². The molecule has 4 atom stereocenters. The number of methoxy groups -OCH3 is 2. The monoisotopic (exact) mass is 1130 g/mol. The number of hydrogen-bond donors (Lipinski definition) is 5. The second kappa shape index (κ2) is 40.3. The van der Waals surface area contributed by atoms with Gasteiger partial charge in [-0.05, 0) is 108 Å². The maximum atomic E-state index is 13.3. The van der Waals surface area contributed by atoms with Crippen molar-refractivity contribution in [1.29, 1.82) is 0 Å². The first-order valence-electron chi connectivity index (χ1n) is 27.3. The number of nitrogens with two attached hydrogens (primary N) is 1. The first-order chi connectivity index (χ1) is 35.9. The molecule has 6 N–H and O–H groups in total. The minimum atomic E-state index is -1.37. The van der Waals surface area contributed by atoms with Crippen LogP contribution >= 0.6 is 0 Å². The van der Waals surface area contributed by atoms with Crippen molar-refractivity contribution in [2.24, 2.45) is 23.0 Å². The smallest absolute Gasteiger partial charge is 0.407 e. The van der Waals surface area contributed by atoms with Crippen molar-refractivity contribution < 1.29 is 71.9 Å². The predicted molar refractivity (Wildman–Crippen MR) is 305 cm³/mol. The number of aliphatic hydroxyl groups excluding tert-OH is 1. The van der Waals surface area contributed by atoms with E-state index in [-0.39, 0.29) is 49.6 Å². The number of carbonyl (C=O) groups is 8. The molecule has 0 aliphatic rings. The lowest BCUT2D eigenvalue weighted by Crippen LogP contribution is -2.45. The molecule has 0 fully saturated rings. The lowest BCUT2D eigenvalue weighted by Gasteiger charge is -2.23. The minimum absolute atomic E-state index is 0.0179. The van der Waals surface area contributed by atoms with Gasteiger partial charge in [-0.15, -0.1) is 0 Å².